The van der Waals surface area contributed by atoms with Crippen molar-refractivity contribution >= 4 is 40.5 Å². The molecule has 2 rings (SSSR count). The lowest BCUT2D eigenvalue weighted by Crippen LogP contribution is -2.11. The van der Waals surface area contributed by atoms with E-state index in [1.807, 2.05) is 18.4 Å². The molecule has 0 aliphatic heterocycles. The third-order valence-electron chi connectivity index (χ3n) is 2.03. The lowest BCUT2D eigenvalue weighted by atomic mass is 10.2. The van der Waals surface area contributed by atoms with E-state index in [1.165, 1.54) is 0 Å². The SMILES string of the molecule is Cc1csc(Sc2ccc(C(=N)N)c(Cl)c2)n1. The van der Waals surface area contributed by atoms with E-state index < -0.39 is 0 Å². The monoisotopic (exact) mass is 283 g/mol. The van der Waals surface area contributed by atoms with Gasteiger partial charge in [0.2, 0.25) is 0 Å². The number of amidine groups is 1. The second-order valence-corrected chi connectivity index (χ2v) is 6.00. The van der Waals surface area contributed by atoms with Gasteiger partial charge in [-0.3, -0.25) is 5.41 Å². The third kappa shape index (κ3) is 3.00. The fraction of sp³-hybridized carbons (Fsp3) is 0.0909. The van der Waals surface area contributed by atoms with E-state index in [0.717, 1.165) is 14.9 Å². The van der Waals surface area contributed by atoms with Crippen LogP contribution in [0.3, 0.4) is 0 Å². The van der Waals surface area contributed by atoms with Crippen LogP contribution in [-0.4, -0.2) is 10.8 Å². The summed E-state index contributed by atoms with van der Waals surface area (Å²) in [6.45, 7) is 1.96. The molecule has 0 atom stereocenters. The highest BCUT2D eigenvalue weighted by Crippen LogP contribution is 2.32. The van der Waals surface area contributed by atoms with Gasteiger partial charge in [0.1, 0.15) is 5.84 Å². The van der Waals surface area contributed by atoms with Crippen LogP contribution in [-0.2, 0) is 0 Å². The van der Waals surface area contributed by atoms with Gasteiger partial charge in [-0.25, -0.2) is 4.98 Å². The summed E-state index contributed by atoms with van der Waals surface area (Å²) in [6, 6.07) is 5.46. The number of rotatable bonds is 3. The largest absolute Gasteiger partial charge is 0.384 e. The van der Waals surface area contributed by atoms with E-state index in [4.69, 9.17) is 22.7 Å². The fourth-order valence-corrected chi connectivity index (χ4v) is 3.46. The first-order valence-corrected chi connectivity index (χ1v) is 6.87. The summed E-state index contributed by atoms with van der Waals surface area (Å²) in [7, 11) is 0. The molecule has 17 heavy (non-hydrogen) atoms. The van der Waals surface area contributed by atoms with Crippen LogP contribution >= 0.6 is 34.7 Å². The number of benzene rings is 1. The second kappa shape index (κ2) is 5.08. The van der Waals surface area contributed by atoms with Crippen molar-refractivity contribution in [2.45, 2.75) is 16.2 Å². The Morgan fingerprint density at radius 3 is 2.82 bits per heavy atom. The lowest BCUT2D eigenvalue weighted by Gasteiger charge is -2.04. The molecule has 0 unspecified atom stereocenters. The predicted molar refractivity (Wildman–Crippen MR) is 73.4 cm³/mol. The molecule has 0 radical (unpaired) electrons. The summed E-state index contributed by atoms with van der Waals surface area (Å²) in [5.74, 6) is -0.0170. The number of aromatic nitrogens is 1. The van der Waals surface area contributed by atoms with Crippen molar-refractivity contribution < 1.29 is 0 Å². The average Bonchev–Trinajstić information content (AvgIpc) is 2.63. The molecule has 0 aliphatic carbocycles. The normalized spacial score (nSPS) is 10.5. The van der Waals surface area contributed by atoms with E-state index in [9.17, 15) is 0 Å². The summed E-state index contributed by atoms with van der Waals surface area (Å²) >= 11 is 9.20. The molecule has 3 nitrogen and oxygen atoms in total. The van der Waals surface area contributed by atoms with Crippen LogP contribution in [0, 0.1) is 12.3 Å². The maximum atomic E-state index is 7.35. The highest BCUT2D eigenvalue weighted by atomic mass is 35.5. The molecule has 0 spiro atoms. The van der Waals surface area contributed by atoms with Gasteiger partial charge in [-0.1, -0.05) is 23.4 Å². The van der Waals surface area contributed by atoms with Crippen molar-refractivity contribution in [1.82, 2.24) is 4.98 Å². The van der Waals surface area contributed by atoms with Crippen LogP contribution in [0.15, 0.2) is 32.8 Å². The van der Waals surface area contributed by atoms with Gasteiger partial charge in [0.05, 0.1) is 5.02 Å². The van der Waals surface area contributed by atoms with E-state index in [2.05, 4.69) is 4.98 Å². The number of hydrogen-bond donors (Lipinski definition) is 2. The Bertz CT molecular complexity index is 566. The molecular formula is C11H10ClN3S2. The minimum atomic E-state index is -0.0170. The first-order valence-electron chi connectivity index (χ1n) is 4.80. The zero-order chi connectivity index (χ0) is 12.4. The average molecular weight is 284 g/mol. The molecule has 6 heteroatoms. The van der Waals surface area contributed by atoms with Gasteiger partial charge in [0.15, 0.2) is 4.34 Å². The van der Waals surface area contributed by atoms with Crippen molar-refractivity contribution in [3.63, 3.8) is 0 Å². The fourth-order valence-electron chi connectivity index (χ4n) is 1.26. The zero-order valence-electron chi connectivity index (χ0n) is 9.03. The molecule has 0 saturated heterocycles. The van der Waals surface area contributed by atoms with Crippen molar-refractivity contribution in [1.29, 1.82) is 5.41 Å². The van der Waals surface area contributed by atoms with Crippen molar-refractivity contribution in [3.8, 4) is 0 Å². The van der Waals surface area contributed by atoms with Crippen LogP contribution in [0.5, 0.6) is 0 Å². The van der Waals surface area contributed by atoms with Crippen LogP contribution in [0.1, 0.15) is 11.3 Å². The summed E-state index contributed by atoms with van der Waals surface area (Å²) in [5.41, 5.74) is 6.98. The number of halogens is 1. The summed E-state index contributed by atoms with van der Waals surface area (Å²) in [4.78, 5) is 5.36. The van der Waals surface area contributed by atoms with E-state index in [-0.39, 0.29) is 5.84 Å². The van der Waals surface area contributed by atoms with Crippen molar-refractivity contribution in [2.24, 2.45) is 5.73 Å². The maximum Gasteiger partial charge on any atom is 0.154 e. The number of aryl methyl sites for hydroxylation is 1. The Labute approximate surface area is 113 Å². The van der Waals surface area contributed by atoms with Gasteiger partial charge in [0.25, 0.3) is 0 Å². The second-order valence-electron chi connectivity index (χ2n) is 3.41. The summed E-state index contributed by atoms with van der Waals surface area (Å²) < 4.78 is 0.981. The predicted octanol–water partition coefficient (Wildman–Crippen LogP) is 3.54. The van der Waals surface area contributed by atoms with Crippen LogP contribution in [0.4, 0.5) is 0 Å². The first-order chi connectivity index (χ1) is 8.06. The molecule has 1 heterocycles. The molecule has 0 bridgehead atoms. The van der Waals surface area contributed by atoms with E-state index >= 15 is 0 Å². The van der Waals surface area contributed by atoms with E-state index in [0.29, 0.717) is 10.6 Å². The molecule has 2 aromatic rings. The van der Waals surface area contributed by atoms with Gasteiger partial charge in [-0.15, -0.1) is 11.3 Å². The highest BCUT2D eigenvalue weighted by molar-refractivity contribution is 8.01. The van der Waals surface area contributed by atoms with Gasteiger partial charge < -0.3 is 5.73 Å². The topological polar surface area (TPSA) is 62.8 Å². The van der Waals surface area contributed by atoms with Gasteiger partial charge >= 0.3 is 0 Å². The quantitative estimate of drug-likeness (QED) is 0.669. The molecule has 1 aromatic carbocycles. The van der Waals surface area contributed by atoms with Gasteiger partial charge in [-0.2, -0.15) is 0 Å². The van der Waals surface area contributed by atoms with Crippen LogP contribution < -0.4 is 5.73 Å². The molecule has 0 aliphatic rings. The standard InChI is InChI=1S/C11H10ClN3S2/c1-6-5-16-11(15-6)17-7-2-3-8(10(13)14)9(12)4-7/h2-5H,1H3,(H3,13,14). The number of thiazole rings is 1. The van der Waals surface area contributed by atoms with Gasteiger partial charge in [0, 0.05) is 21.5 Å². The minimum Gasteiger partial charge on any atom is -0.384 e. The number of nitrogens with one attached hydrogen (secondary N) is 1. The third-order valence-corrected chi connectivity index (χ3v) is 4.39. The Kier molecular flexibility index (Phi) is 3.71. The Morgan fingerprint density at radius 2 is 2.29 bits per heavy atom. The van der Waals surface area contributed by atoms with Crippen LogP contribution in [0.2, 0.25) is 5.02 Å². The van der Waals surface area contributed by atoms with Crippen molar-refractivity contribution in [2.75, 3.05) is 0 Å². The van der Waals surface area contributed by atoms with Crippen molar-refractivity contribution in [3.05, 3.63) is 39.9 Å². The van der Waals surface area contributed by atoms with Crippen LogP contribution in [0.25, 0.3) is 0 Å². The highest BCUT2D eigenvalue weighted by Gasteiger charge is 2.07. The molecule has 88 valence electrons. The maximum absolute atomic E-state index is 7.35. The number of hydrogen-bond acceptors (Lipinski definition) is 4. The summed E-state index contributed by atoms with van der Waals surface area (Å²) in [5, 5.41) is 9.85. The first kappa shape index (κ1) is 12.4. The zero-order valence-corrected chi connectivity index (χ0v) is 11.4. The summed E-state index contributed by atoms with van der Waals surface area (Å²) in [6.07, 6.45) is 0. The molecule has 0 amide bonds. The molecule has 0 fully saturated rings. The Hall–Kier alpha value is -1.04. The molecule has 1 aromatic heterocycles. The Balaban J connectivity index is 2.23. The molecule has 3 N–H and O–H groups in total. The smallest absolute Gasteiger partial charge is 0.154 e. The molecular weight excluding hydrogens is 274 g/mol. The number of nitrogens with two attached hydrogens (primary N) is 1. The van der Waals surface area contributed by atoms with Gasteiger partial charge in [-0.05, 0) is 25.1 Å². The Morgan fingerprint density at radius 1 is 1.53 bits per heavy atom. The van der Waals surface area contributed by atoms with E-state index in [1.54, 1.807) is 35.2 Å². The minimum absolute atomic E-state index is 0.0170. The number of nitrogen functional groups attached to an aromatic ring is 1. The lowest BCUT2D eigenvalue weighted by molar-refractivity contribution is 1.16. The number of nitrogens with zero attached hydrogens (tertiary/aromatic N) is 1. The molecule has 0 saturated carbocycles.